The van der Waals surface area contributed by atoms with Crippen LogP contribution in [0.3, 0.4) is 0 Å². The predicted molar refractivity (Wildman–Crippen MR) is 116 cm³/mol. The number of para-hydroxylation sites is 1. The van der Waals surface area contributed by atoms with Gasteiger partial charge in [-0.3, -0.25) is 0 Å². The van der Waals surface area contributed by atoms with E-state index in [9.17, 15) is 0 Å². The molecule has 2 aromatic carbocycles. The third-order valence-electron chi connectivity index (χ3n) is 4.72. The number of anilines is 2. The fourth-order valence-electron chi connectivity index (χ4n) is 3.16. The minimum absolute atomic E-state index is 0.756. The summed E-state index contributed by atoms with van der Waals surface area (Å²) in [5, 5.41) is 3.46. The third kappa shape index (κ3) is 4.80. The molecule has 0 aliphatic carbocycles. The molecule has 5 nitrogen and oxygen atoms in total. The van der Waals surface area contributed by atoms with Gasteiger partial charge in [-0.2, -0.15) is 4.98 Å². The first-order chi connectivity index (χ1) is 13.7. The zero-order valence-electron chi connectivity index (χ0n) is 16.9. The Bertz CT molecular complexity index is 879. The van der Waals surface area contributed by atoms with Crippen LogP contribution in [-0.2, 0) is 6.42 Å². The molecule has 3 aromatic rings. The van der Waals surface area contributed by atoms with E-state index in [1.807, 2.05) is 42.5 Å². The number of ether oxygens (including phenoxy) is 1. The molecule has 0 aliphatic rings. The molecule has 0 amide bonds. The fourth-order valence-corrected chi connectivity index (χ4v) is 3.16. The zero-order valence-corrected chi connectivity index (χ0v) is 16.9. The van der Waals surface area contributed by atoms with Gasteiger partial charge in [0, 0.05) is 31.3 Å². The van der Waals surface area contributed by atoms with E-state index in [-0.39, 0.29) is 0 Å². The summed E-state index contributed by atoms with van der Waals surface area (Å²) in [5.74, 6) is 2.51. The Hall–Kier alpha value is -3.08. The Morgan fingerprint density at radius 2 is 1.64 bits per heavy atom. The molecule has 0 saturated heterocycles. The van der Waals surface area contributed by atoms with E-state index in [1.165, 1.54) is 5.56 Å². The standard InChI is InChI=1S/C23H28N4O/c1-4-27(5-2)23-25-20(18-11-7-6-8-12-18)17-22(26-23)24-16-15-19-13-9-10-14-21(19)28-3/h6-14,17H,4-5,15-16H2,1-3H3,(H,24,25,26). The van der Waals surface area contributed by atoms with Crippen LogP contribution in [-0.4, -0.2) is 36.7 Å². The van der Waals surface area contributed by atoms with Gasteiger partial charge in [-0.25, -0.2) is 4.98 Å². The summed E-state index contributed by atoms with van der Waals surface area (Å²) in [6.45, 7) is 6.75. The number of hydrogen-bond donors (Lipinski definition) is 1. The minimum Gasteiger partial charge on any atom is -0.496 e. The molecule has 3 rings (SSSR count). The molecule has 1 aromatic heterocycles. The highest BCUT2D eigenvalue weighted by molar-refractivity contribution is 5.64. The first-order valence-corrected chi connectivity index (χ1v) is 9.80. The lowest BCUT2D eigenvalue weighted by Crippen LogP contribution is -2.24. The predicted octanol–water partition coefficient (Wildman–Crippen LogP) is 4.65. The molecule has 1 heterocycles. The first kappa shape index (κ1) is 19.7. The second-order valence-electron chi connectivity index (χ2n) is 6.47. The molecular formula is C23H28N4O. The summed E-state index contributed by atoms with van der Waals surface area (Å²) >= 11 is 0. The van der Waals surface area contributed by atoms with Crippen LogP contribution in [0.25, 0.3) is 11.3 Å². The van der Waals surface area contributed by atoms with Gasteiger partial charge in [0.25, 0.3) is 0 Å². The third-order valence-corrected chi connectivity index (χ3v) is 4.72. The fraction of sp³-hybridized carbons (Fsp3) is 0.304. The minimum atomic E-state index is 0.756. The molecular weight excluding hydrogens is 348 g/mol. The van der Waals surface area contributed by atoms with Crippen molar-refractivity contribution >= 4 is 11.8 Å². The lowest BCUT2D eigenvalue weighted by atomic mass is 10.1. The maximum Gasteiger partial charge on any atom is 0.227 e. The monoisotopic (exact) mass is 376 g/mol. The summed E-state index contributed by atoms with van der Waals surface area (Å²) in [7, 11) is 1.71. The quantitative estimate of drug-likeness (QED) is 0.589. The van der Waals surface area contributed by atoms with Gasteiger partial charge in [-0.15, -0.1) is 0 Å². The second-order valence-corrected chi connectivity index (χ2v) is 6.47. The molecule has 0 bridgehead atoms. The summed E-state index contributed by atoms with van der Waals surface area (Å²) in [5.41, 5.74) is 3.20. The highest BCUT2D eigenvalue weighted by Crippen LogP contribution is 2.23. The summed E-state index contributed by atoms with van der Waals surface area (Å²) in [4.78, 5) is 11.7. The van der Waals surface area contributed by atoms with Crippen LogP contribution in [0.4, 0.5) is 11.8 Å². The SMILES string of the molecule is CCN(CC)c1nc(NCCc2ccccc2OC)cc(-c2ccccc2)n1. The second kappa shape index (κ2) is 9.74. The molecule has 5 heteroatoms. The Morgan fingerprint density at radius 3 is 2.36 bits per heavy atom. The average Bonchev–Trinajstić information content (AvgIpc) is 2.75. The summed E-state index contributed by atoms with van der Waals surface area (Å²) in [6.07, 6.45) is 0.856. The average molecular weight is 377 g/mol. The lowest BCUT2D eigenvalue weighted by Gasteiger charge is -2.20. The highest BCUT2D eigenvalue weighted by Gasteiger charge is 2.11. The van der Waals surface area contributed by atoms with Crippen molar-refractivity contribution in [2.75, 3.05) is 37.0 Å². The summed E-state index contributed by atoms with van der Waals surface area (Å²) in [6, 6.07) is 20.4. The largest absolute Gasteiger partial charge is 0.496 e. The van der Waals surface area contributed by atoms with Gasteiger partial charge in [-0.1, -0.05) is 48.5 Å². The Balaban J connectivity index is 1.82. The van der Waals surface area contributed by atoms with Crippen molar-refractivity contribution in [2.45, 2.75) is 20.3 Å². The van der Waals surface area contributed by atoms with Gasteiger partial charge >= 0.3 is 0 Å². The molecule has 0 atom stereocenters. The van der Waals surface area contributed by atoms with E-state index in [2.05, 4.69) is 42.3 Å². The molecule has 0 unspecified atom stereocenters. The van der Waals surface area contributed by atoms with Crippen LogP contribution in [0.1, 0.15) is 19.4 Å². The molecule has 1 N–H and O–H groups in total. The van der Waals surface area contributed by atoms with E-state index < -0.39 is 0 Å². The number of nitrogens with one attached hydrogen (secondary N) is 1. The molecule has 146 valence electrons. The normalized spacial score (nSPS) is 10.5. The maximum atomic E-state index is 5.44. The van der Waals surface area contributed by atoms with Crippen molar-refractivity contribution in [2.24, 2.45) is 0 Å². The summed E-state index contributed by atoms with van der Waals surface area (Å²) < 4.78 is 5.44. The number of methoxy groups -OCH3 is 1. The Kier molecular flexibility index (Phi) is 6.84. The van der Waals surface area contributed by atoms with Crippen LogP contribution in [0.5, 0.6) is 5.75 Å². The van der Waals surface area contributed by atoms with Crippen molar-refractivity contribution in [1.82, 2.24) is 9.97 Å². The Morgan fingerprint density at radius 1 is 0.929 bits per heavy atom. The van der Waals surface area contributed by atoms with Crippen LogP contribution in [0.2, 0.25) is 0 Å². The lowest BCUT2D eigenvalue weighted by molar-refractivity contribution is 0.410. The first-order valence-electron chi connectivity index (χ1n) is 9.80. The van der Waals surface area contributed by atoms with E-state index in [4.69, 9.17) is 14.7 Å². The van der Waals surface area contributed by atoms with Crippen molar-refractivity contribution in [3.05, 3.63) is 66.2 Å². The maximum absolute atomic E-state index is 5.44. The number of rotatable bonds is 9. The highest BCUT2D eigenvalue weighted by atomic mass is 16.5. The molecule has 0 radical (unpaired) electrons. The van der Waals surface area contributed by atoms with Gasteiger partial charge in [-0.05, 0) is 31.9 Å². The van der Waals surface area contributed by atoms with Crippen LogP contribution in [0, 0.1) is 0 Å². The van der Waals surface area contributed by atoms with E-state index >= 15 is 0 Å². The van der Waals surface area contributed by atoms with E-state index in [0.717, 1.165) is 54.8 Å². The van der Waals surface area contributed by atoms with Gasteiger partial charge in [0.1, 0.15) is 11.6 Å². The van der Waals surface area contributed by atoms with E-state index in [0.29, 0.717) is 0 Å². The van der Waals surface area contributed by atoms with Crippen molar-refractivity contribution < 1.29 is 4.74 Å². The van der Waals surface area contributed by atoms with Gasteiger partial charge in [0.15, 0.2) is 0 Å². The Labute approximate surface area is 167 Å². The number of benzene rings is 2. The van der Waals surface area contributed by atoms with Gasteiger partial charge in [0.2, 0.25) is 5.95 Å². The topological polar surface area (TPSA) is 50.3 Å². The number of nitrogens with zero attached hydrogens (tertiary/aromatic N) is 3. The number of hydrogen-bond acceptors (Lipinski definition) is 5. The molecule has 0 fully saturated rings. The van der Waals surface area contributed by atoms with Gasteiger partial charge in [0.05, 0.1) is 12.8 Å². The van der Waals surface area contributed by atoms with Crippen molar-refractivity contribution in [1.29, 1.82) is 0 Å². The van der Waals surface area contributed by atoms with Crippen LogP contribution < -0.4 is 15.0 Å². The van der Waals surface area contributed by atoms with E-state index in [1.54, 1.807) is 7.11 Å². The molecule has 0 aliphatic heterocycles. The van der Waals surface area contributed by atoms with Crippen LogP contribution in [0.15, 0.2) is 60.7 Å². The zero-order chi connectivity index (χ0) is 19.8. The number of aromatic nitrogens is 2. The smallest absolute Gasteiger partial charge is 0.227 e. The molecule has 28 heavy (non-hydrogen) atoms. The molecule has 0 saturated carbocycles. The van der Waals surface area contributed by atoms with Crippen molar-refractivity contribution in [3.8, 4) is 17.0 Å². The van der Waals surface area contributed by atoms with Crippen LogP contribution >= 0.6 is 0 Å². The molecule has 0 spiro atoms. The van der Waals surface area contributed by atoms with Crippen molar-refractivity contribution in [3.63, 3.8) is 0 Å². The van der Waals surface area contributed by atoms with Gasteiger partial charge < -0.3 is 15.0 Å².